The number of morpholine rings is 1. The van der Waals surface area contributed by atoms with Crippen LogP contribution in [0.25, 0.3) is 0 Å². The molecule has 6 nitrogen and oxygen atoms in total. The van der Waals surface area contributed by atoms with Gasteiger partial charge in [0.15, 0.2) is 6.10 Å². The van der Waals surface area contributed by atoms with Gasteiger partial charge in [0.25, 0.3) is 5.91 Å². The van der Waals surface area contributed by atoms with Gasteiger partial charge in [-0.2, -0.15) is 0 Å². The van der Waals surface area contributed by atoms with E-state index < -0.39 is 6.10 Å². The van der Waals surface area contributed by atoms with Crippen LogP contribution in [-0.2, 0) is 22.5 Å². The van der Waals surface area contributed by atoms with E-state index in [-0.39, 0.29) is 18.5 Å². The molecule has 0 radical (unpaired) electrons. The third kappa shape index (κ3) is 3.87. The van der Waals surface area contributed by atoms with Gasteiger partial charge >= 0.3 is 6.03 Å². The molecule has 2 aromatic rings. The average Bonchev–Trinajstić information content (AvgIpc) is 2.74. The number of urea groups is 1. The van der Waals surface area contributed by atoms with Gasteiger partial charge in [0.2, 0.25) is 0 Å². The van der Waals surface area contributed by atoms with Crippen molar-refractivity contribution in [1.29, 1.82) is 0 Å². The topological polar surface area (TPSA) is 61.9 Å². The molecule has 1 N–H and O–H groups in total. The lowest BCUT2D eigenvalue weighted by molar-refractivity contribution is -0.148. The molecule has 0 saturated carbocycles. The molecule has 2 heterocycles. The maximum atomic E-state index is 13.0. The minimum absolute atomic E-state index is 0.0390. The van der Waals surface area contributed by atoms with Crippen molar-refractivity contribution in [2.24, 2.45) is 0 Å². The maximum absolute atomic E-state index is 13.0. The molecular weight excluding hydrogens is 354 g/mol. The van der Waals surface area contributed by atoms with Crippen LogP contribution in [0.2, 0.25) is 0 Å². The molecule has 1 unspecified atom stereocenters. The first-order chi connectivity index (χ1) is 13.6. The van der Waals surface area contributed by atoms with Gasteiger partial charge in [0.05, 0.1) is 13.2 Å². The van der Waals surface area contributed by atoms with Crippen LogP contribution in [0.3, 0.4) is 0 Å². The Morgan fingerprint density at radius 2 is 1.75 bits per heavy atom. The van der Waals surface area contributed by atoms with E-state index >= 15 is 0 Å². The number of rotatable bonds is 2. The number of nitrogens with zero attached hydrogens (tertiary/aromatic N) is 2. The third-order valence-corrected chi connectivity index (χ3v) is 5.46. The number of para-hydroxylation sites is 1. The normalized spacial score (nSPS) is 19.1. The van der Waals surface area contributed by atoms with E-state index in [9.17, 15) is 9.59 Å². The van der Waals surface area contributed by atoms with Crippen LogP contribution in [-0.4, -0.2) is 54.1 Å². The highest BCUT2D eigenvalue weighted by Crippen LogP contribution is 2.21. The Labute approximate surface area is 165 Å². The summed E-state index contributed by atoms with van der Waals surface area (Å²) in [4.78, 5) is 29.2. The van der Waals surface area contributed by atoms with Crippen molar-refractivity contribution in [3.05, 3.63) is 65.2 Å². The second-order valence-electron chi connectivity index (χ2n) is 7.33. The zero-order chi connectivity index (χ0) is 19.5. The summed E-state index contributed by atoms with van der Waals surface area (Å²) in [7, 11) is 0. The van der Waals surface area contributed by atoms with Crippen LogP contribution in [0.5, 0.6) is 0 Å². The summed E-state index contributed by atoms with van der Waals surface area (Å²) in [6.07, 6.45) is 0.244. The quantitative estimate of drug-likeness (QED) is 0.873. The maximum Gasteiger partial charge on any atom is 0.322 e. The van der Waals surface area contributed by atoms with Gasteiger partial charge in [-0.05, 0) is 36.1 Å². The molecule has 28 heavy (non-hydrogen) atoms. The number of benzene rings is 2. The Kier molecular flexibility index (Phi) is 5.30. The van der Waals surface area contributed by atoms with Crippen molar-refractivity contribution < 1.29 is 14.3 Å². The highest BCUT2D eigenvalue weighted by Gasteiger charge is 2.33. The summed E-state index contributed by atoms with van der Waals surface area (Å²) in [5, 5.41) is 2.94. The number of carbonyl (C=O) groups is 2. The van der Waals surface area contributed by atoms with E-state index in [1.165, 1.54) is 11.1 Å². The number of hydrogen-bond acceptors (Lipinski definition) is 3. The van der Waals surface area contributed by atoms with Gasteiger partial charge < -0.3 is 19.9 Å². The Bertz CT molecular complexity index is 883. The molecule has 0 spiro atoms. The zero-order valence-corrected chi connectivity index (χ0v) is 16.1. The van der Waals surface area contributed by atoms with Crippen LogP contribution < -0.4 is 5.32 Å². The summed E-state index contributed by atoms with van der Waals surface area (Å²) >= 11 is 0. The van der Waals surface area contributed by atoms with Crippen molar-refractivity contribution in [2.75, 3.05) is 31.6 Å². The van der Waals surface area contributed by atoms with Crippen molar-refractivity contribution in [3.8, 4) is 0 Å². The number of hydrogen-bond donors (Lipinski definition) is 1. The molecule has 2 aliphatic rings. The van der Waals surface area contributed by atoms with Gasteiger partial charge in [-0.3, -0.25) is 4.79 Å². The Morgan fingerprint density at radius 1 is 1.00 bits per heavy atom. The summed E-state index contributed by atoms with van der Waals surface area (Å²) in [5.41, 5.74) is 4.28. The van der Waals surface area contributed by atoms with Crippen LogP contribution >= 0.6 is 0 Å². The highest BCUT2D eigenvalue weighted by atomic mass is 16.5. The molecule has 2 aliphatic heterocycles. The van der Waals surface area contributed by atoms with Crippen molar-refractivity contribution in [2.45, 2.75) is 26.0 Å². The molecule has 0 bridgehead atoms. The summed E-state index contributed by atoms with van der Waals surface area (Å²) in [6, 6.07) is 15.7. The van der Waals surface area contributed by atoms with Crippen LogP contribution in [0.15, 0.2) is 48.5 Å². The van der Waals surface area contributed by atoms with E-state index in [0.29, 0.717) is 26.2 Å². The SMILES string of the molecule is Cc1ccccc1NC(=O)N1CCOC(C(=O)N2CCc3ccccc3C2)C1. The second-order valence-corrected chi connectivity index (χ2v) is 7.33. The highest BCUT2D eigenvalue weighted by molar-refractivity contribution is 5.91. The molecular formula is C22H25N3O3. The van der Waals surface area contributed by atoms with E-state index in [0.717, 1.165) is 17.7 Å². The number of carbonyl (C=O) groups excluding carboxylic acids is 2. The molecule has 1 atom stereocenters. The fraction of sp³-hybridized carbons (Fsp3) is 0.364. The minimum Gasteiger partial charge on any atom is -0.365 e. The van der Waals surface area contributed by atoms with Crippen molar-refractivity contribution in [1.82, 2.24) is 9.80 Å². The number of fused-ring (bicyclic) bond motifs is 1. The summed E-state index contributed by atoms with van der Waals surface area (Å²) in [5.74, 6) is -0.0390. The van der Waals surface area contributed by atoms with E-state index in [4.69, 9.17) is 4.74 Å². The summed E-state index contributed by atoms with van der Waals surface area (Å²) < 4.78 is 5.72. The Morgan fingerprint density at radius 3 is 2.57 bits per heavy atom. The fourth-order valence-electron chi connectivity index (χ4n) is 3.78. The smallest absolute Gasteiger partial charge is 0.322 e. The molecule has 146 valence electrons. The van der Waals surface area contributed by atoms with Gasteiger partial charge in [0, 0.05) is 25.3 Å². The number of nitrogens with one attached hydrogen (secondary N) is 1. The van der Waals surface area contributed by atoms with Crippen LogP contribution in [0, 0.1) is 6.92 Å². The molecule has 0 aliphatic carbocycles. The molecule has 0 aromatic heterocycles. The van der Waals surface area contributed by atoms with E-state index in [2.05, 4.69) is 17.4 Å². The minimum atomic E-state index is -0.610. The third-order valence-electron chi connectivity index (χ3n) is 5.46. The second kappa shape index (κ2) is 8.02. The standard InChI is InChI=1S/C22H25N3O3/c1-16-6-2-5-9-19(16)23-22(27)25-12-13-28-20(15-25)21(26)24-11-10-17-7-3-4-8-18(17)14-24/h2-9,20H,10-15H2,1H3,(H,23,27). The van der Waals surface area contributed by atoms with Gasteiger partial charge in [-0.25, -0.2) is 4.79 Å². The molecule has 6 heteroatoms. The van der Waals surface area contributed by atoms with Gasteiger partial charge in [-0.1, -0.05) is 42.5 Å². The van der Waals surface area contributed by atoms with Crippen LogP contribution in [0.4, 0.5) is 10.5 Å². The van der Waals surface area contributed by atoms with Crippen molar-refractivity contribution >= 4 is 17.6 Å². The molecule has 2 aromatic carbocycles. The number of amides is 3. The number of ether oxygens (including phenoxy) is 1. The largest absolute Gasteiger partial charge is 0.365 e. The van der Waals surface area contributed by atoms with E-state index in [1.54, 1.807) is 4.90 Å². The van der Waals surface area contributed by atoms with Crippen LogP contribution in [0.1, 0.15) is 16.7 Å². The zero-order valence-electron chi connectivity index (χ0n) is 16.1. The van der Waals surface area contributed by atoms with Gasteiger partial charge in [0.1, 0.15) is 0 Å². The summed E-state index contributed by atoms with van der Waals surface area (Å²) in [6.45, 7) is 4.35. The average molecular weight is 379 g/mol. The fourth-order valence-corrected chi connectivity index (χ4v) is 3.78. The number of aryl methyl sites for hydroxylation is 1. The Balaban J connectivity index is 1.39. The monoisotopic (exact) mass is 379 g/mol. The lowest BCUT2D eigenvalue weighted by atomic mass is 9.99. The Hall–Kier alpha value is -2.86. The number of anilines is 1. The lowest BCUT2D eigenvalue weighted by Crippen LogP contribution is -2.54. The van der Waals surface area contributed by atoms with Gasteiger partial charge in [-0.15, -0.1) is 0 Å². The molecule has 4 rings (SSSR count). The van der Waals surface area contributed by atoms with E-state index in [1.807, 2.05) is 48.2 Å². The molecule has 1 saturated heterocycles. The molecule has 3 amide bonds. The predicted molar refractivity (Wildman–Crippen MR) is 107 cm³/mol. The molecule has 1 fully saturated rings. The first kappa shape index (κ1) is 18.5. The first-order valence-corrected chi connectivity index (χ1v) is 9.70. The van der Waals surface area contributed by atoms with Crippen molar-refractivity contribution in [3.63, 3.8) is 0 Å². The lowest BCUT2D eigenvalue weighted by Gasteiger charge is -2.36. The predicted octanol–water partition coefficient (Wildman–Crippen LogP) is 2.81. The first-order valence-electron chi connectivity index (χ1n) is 9.70.